The van der Waals surface area contributed by atoms with Crippen LogP contribution >= 0.6 is 11.3 Å². The van der Waals surface area contributed by atoms with Crippen LogP contribution < -0.4 is 10.1 Å². The van der Waals surface area contributed by atoms with Gasteiger partial charge in [0.2, 0.25) is 15.9 Å². The van der Waals surface area contributed by atoms with Crippen LogP contribution in [-0.2, 0) is 30.8 Å². The fraction of sp³-hybridized carbons (Fsp3) is 0.455. The Bertz CT molecular complexity index is 1350. The van der Waals surface area contributed by atoms with Crippen LogP contribution in [0.3, 0.4) is 0 Å². The number of hydrogen-bond donors (Lipinski definition) is 2. The Labute approximate surface area is 230 Å². The number of carbonyl (C=O) groups is 3. The number of thiazole rings is 1. The van der Waals surface area contributed by atoms with Crippen molar-refractivity contribution in [2.75, 3.05) is 51.3 Å². The van der Waals surface area contributed by atoms with E-state index in [1.165, 1.54) is 0 Å². The molecule has 2 saturated heterocycles. The number of carboxylic acid groups (broad SMARTS) is 1. The van der Waals surface area contributed by atoms with E-state index >= 15 is 0 Å². The maximum absolute atomic E-state index is 13.1. The van der Waals surface area contributed by atoms with Crippen LogP contribution in [0.4, 0.5) is 23.1 Å². The molecule has 0 bridgehead atoms. The first kappa shape index (κ1) is 29.5. The van der Waals surface area contributed by atoms with Crippen molar-refractivity contribution in [2.24, 2.45) is 0 Å². The Morgan fingerprint density at radius 3 is 2.40 bits per heavy atom. The number of carbonyl (C=O) groups excluding carboxylic acids is 2. The fourth-order valence-corrected chi connectivity index (χ4v) is 6.35. The van der Waals surface area contributed by atoms with E-state index in [0.29, 0.717) is 36.3 Å². The number of ether oxygens (including phenoxy) is 2. The van der Waals surface area contributed by atoms with Gasteiger partial charge in [-0.15, -0.1) is 24.5 Å². The van der Waals surface area contributed by atoms with E-state index in [1.54, 1.807) is 10.3 Å². The Morgan fingerprint density at radius 2 is 1.77 bits per heavy atom. The number of hydrogen-bond acceptors (Lipinski definition) is 9. The van der Waals surface area contributed by atoms with Crippen molar-refractivity contribution in [3.63, 3.8) is 0 Å². The van der Waals surface area contributed by atoms with Crippen LogP contribution in [0, 0.1) is 0 Å². The number of rotatable bonds is 7. The number of benzene rings is 1. The minimum atomic E-state index is -4.97. The first-order chi connectivity index (χ1) is 18.8. The van der Waals surface area contributed by atoms with Crippen LogP contribution in [0.1, 0.15) is 5.69 Å². The number of halogens is 3. The van der Waals surface area contributed by atoms with Crippen LogP contribution in [0.5, 0.6) is 5.75 Å². The molecule has 1 aromatic carbocycles. The summed E-state index contributed by atoms with van der Waals surface area (Å²) in [6.07, 6.45) is -4.93. The molecule has 0 spiro atoms. The molecular formula is C22H24F3N5O8S2. The molecule has 1 atom stereocenters. The van der Waals surface area contributed by atoms with E-state index in [1.807, 2.05) is 0 Å². The highest BCUT2D eigenvalue weighted by molar-refractivity contribution is 7.89. The highest BCUT2D eigenvalue weighted by Gasteiger charge is 2.42. The molecule has 1 aromatic heterocycles. The number of carboxylic acids is 1. The monoisotopic (exact) mass is 607 g/mol. The lowest BCUT2D eigenvalue weighted by Gasteiger charge is -2.38. The summed E-state index contributed by atoms with van der Waals surface area (Å²) in [5.74, 6) is -2.29. The lowest BCUT2D eigenvalue weighted by molar-refractivity contribution is -0.274. The molecule has 0 unspecified atom stereocenters. The lowest BCUT2D eigenvalue weighted by atomic mass is 10.2. The van der Waals surface area contributed by atoms with Crippen LogP contribution in [0.25, 0.3) is 0 Å². The van der Waals surface area contributed by atoms with E-state index in [0.717, 1.165) is 40.5 Å². The molecule has 0 aliphatic carbocycles. The number of anilines is 1. The first-order valence-electron chi connectivity index (χ1n) is 11.8. The second kappa shape index (κ2) is 11.9. The second-order valence-electron chi connectivity index (χ2n) is 8.68. The molecular weight excluding hydrogens is 583 g/mol. The molecule has 2 N–H and O–H groups in total. The van der Waals surface area contributed by atoms with Crippen molar-refractivity contribution in [3.05, 3.63) is 35.3 Å². The summed E-state index contributed by atoms with van der Waals surface area (Å²) >= 11 is 1.08. The smallest absolute Gasteiger partial charge is 0.480 e. The minimum Gasteiger partial charge on any atom is -0.480 e. The predicted octanol–water partition coefficient (Wildman–Crippen LogP) is 1.43. The number of amides is 3. The quantitative estimate of drug-likeness (QED) is 0.475. The topological polar surface area (TPSA) is 159 Å². The molecule has 40 heavy (non-hydrogen) atoms. The van der Waals surface area contributed by atoms with Gasteiger partial charge in [-0.2, -0.15) is 4.31 Å². The second-order valence-corrected chi connectivity index (χ2v) is 11.4. The number of aliphatic carboxylic acids is 1. The van der Waals surface area contributed by atoms with Gasteiger partial charge in [-0.25, -0.2) is 18.2 Å². The highest BCUT2D eigenvalue weighted by atomic mass is 32.2. The molecule has 0 saturated carbocycles. The normalized spacial score (nSPS) is 18.8. The van der Waals surface area contributed by atoms with Crippen molar-refractivity contribution < 1.29 is 50.6 Å². The summed E-state index contributed by atoms with van der Waals surface area (Å²) in [4.78, 5) is 43.8. The highest BCUT2D eigenvalue weighted by Crippen LogP contribution is 2.27. The van der Waals surface area contributed by atoms with Gasteiger partial charge in [-0.3, -0.25) is 14.9 Å². The third-order valence-electron chi connectivity index (χ3n) is 6.03. The number of sulfonamides is 1. The van der Waals surface area contributed by atoms with Gasteiger partial charge >= 0.3 is 18.4 Å². The third kappa shape index (κ3) is 7.18. The van der Waals surface area contributed by atoms with Crippen molar-refractivity contribution in [3.8, 4) is 5.75 Å². The van der Waals surface area contributed by atoms with Crippen molar-refractivity contribution in [1.29, 1.82) is 0 Å². The van der Waals surface area contributed by atoms with Gasteiger partial charge in [-0.05, 0) is 24.3 Å². The van der Waals surface area contributed by atoms with Crippen LogP contribution in [0.15, 0.2) is 34.5 Å². The standard InChI is InChI=1S/C22H24F3N5O8S2/c23-22(24,25)38-15-1-3-16(4-2-15)40(35,36)30-6-5-29(12-17(30)19(32)33)21(34)27-20-26-14(13-39-20)11-18(31)28-7-9-37-10-8-28/h1-4,13,17H,5-12H2,(H,32,33)(H,26,27,34)/t17-/m1/s1. The van der Waals surface area contributed by atoms with E-state index in [9.17, 15) is 41.1 Å². The number of nitrogens with one attached hydrogen (secondary N) is 1. The largest absolute Gasteiger partial charge is 0.573 e. The molecule has 218 valence electrons. The third-order valence-corrected chi connectivity index (χ3v) is 8.76. The average molecular weight is 608 g/mol. The van der Waals surface area contributed by atoms with E-state index in [2.05, 4.69) is 15.0 Å². The summed E-state index contributed by atoms with van der Waals surface area (Å²) in [5.41, 5.74) is 0.447. The van der Waals surface area contributed by atoms with Gasteiger partial charge in [0.1, 0.15) is 11.8 Å². The van der Waals surface area contributed by atoms with E-state index in [-0.39, 0.29) is 30.5 Å². The number of urea groups is 1. The molecule has 2 aromatic rings. The number of nitrogens with zero attached hydrogens (tertiary/aromatic N) is 4. The van der Waals surface area contributed by atoms with Crippen molar-refractivity contribution in [2.45, 2.75) is 23.7 Å². The number of alkyl halides is 3. The van der Waals surface area contributed by atoms with Crippen molar-refractivity contribution in [1.82, 2.24) is 19.1 Å². The Kier molecular flexibility index (Phi) is 8.81. The zero-order chi connectivity index (χ0) is 29.1. The number of aromatic nitrogens is 1. The van der Waals surface area contributed by atoms with Gasteiger partial charge in [0.15, 0.2) is 5.13 Å². The van der Waals surface area contributed by atoms with Crippen molar-refractivity contribution >= 4 is 44.4 Å². The average Bonchev–Trinajstić information content (AvgIpc) is 3.34. The van der Waals surface area contributed by atoms with Crippen LogP contribution in [-0.4, -0.2) is 109 Å². The Balaban J connectivity index is 1.38. The zero-order valence-corrected chi connectivity index (χ0v) is 22.3. The van der Waals surface area contributed by atoms with Crippen LogP contribution in [0.2, 0.25) is 0 Å². The minimum absolute atomic E-state index is 0.0350. The zero-order valence-electron chi connectivity index (χ0n) is 20.7. The molecule has 13 nitrogen and oxygen atoms in total. The number of morpholine rings is 1. The maximum atomic E-state index is 13.1. The fourth-order valence-electron chi connectivity index (χ4n) is 4.08. The molecule has 2 aliphatic heterocycles. The number of piperazine rings is 1. The van der Waals surface area contributed by atoms with Gasteiger partial charge < -0.3 is 24.4 Å². The molecule has 18 heteroatoms. The summed E-state index contributed by atoms with van der Waals surface area (Å²) in [5, 5.41) is 14.0. The van der Waals surface area contributed by atoms with Gasteiger partial charge in [0.25, 0.3) is 0 Å². The summed E-state index contributed by atoms with van der Waals surface area (Å²) in [6.45, 7) is 0.831. The Morgan fingerprint density at radius 1 is 1.10 bits per heavy atom. The molecule has 2 fully saturated rings. The van der Waals surface area contributed by atoms with Gasteiger partial charge in [-0.1, -0.05) is 0 Å². The molecule has 3 amide bonds. The van der Waals surface area contributed by atoms with E-state index in [4.69, 9.17) is 4.74 Å². The molecule has 2 aliphatic rings. The molecule has 4 rings (SSSR count). The first-order valence-corrected chi connectivity index (χ1v) is 14.1. The summed E-state index contributed by atoms with van der Waals surface area (Å²) < 4.78 is 73.0. The van der Waals surface area contributed by atoms with E-state index < -0.39 is 51.6 Å². The molecule has 0 radical (unpaired) electrons. The predicted molar refractivity (Wildman–Crippen MR) is 132 cm³/mol. The van der Waals surface area contributed by atoms with Gasteiger partial charge in [0.05, 0.1) is 30.2 Å². The summed E-state index contributed by atoms with van der Waals surface area (Å²) in [7, 11) is -4.44. The Hall–Kier alpha value is -3.48. The lowest BCUT2D eigenvalue weighted by Crippen LogP contribution is -2.59. The SMILES string of the molecule is O=C(O)[C@H]1CN(C(=O)Nc2nc(CC(=O)N3CCOCC3)cs2)CCN1S(=O)(=O)c1ccc(OC(F)(F)F)cc1. The molecule has 3 heterocycles. The maximum Gasteiger partial charge on any atom is 0.573 e. The summed E-state index contributed by atoms with van der Waals surface area (Å²) in [6, 6.07) is 0.981. The van der Waals surface area contributed by atoms with Gasteiger partial charge in [0, 0.05) is 38.1 Å².